The number of ether oxygens (including phenoxy) is 1. The molecule has 3 heterocycles. The van der Waals surface area contributed by atoms with Crippen molar-refractivity contribution in [1.29, 1.82) is 0 Å². The zero-order valence-corrected chi connectivity index (χ0v) is 15.7. The fourth-order valence-electron chi connectivity index (χ4n) is 3.56. The number of aliphatic hydroxyl groups is 1. The number of fused-ring (bicyclic) bond motifs is 1. The number of aromatic carboxylic acids is 1. The maximum atomic E-state index is 10.9. The number of pyridine rings is 2. The molecule has 8 heteroatoms. The third-order valence-corrected chi connectivity index (χ3v) is 5.08. The van der Waals surface area contributed by atoms with Crippen LogP contribution in [0.1, 0.15) is 48.8 Å². The highest BCUT2D eigenvalue weighted by molar-refractivity contribution is 5.85. The second-order valence-electron chi connectivity index (χ2n) is 7.99. The molecule has 1 atom stereocenters. The molecule has 0 saturated heterocycles. The van der Waals surface area contributed by atoms with Gasteiger partial charge in [-0.15, -0.1) is 0 Å². The van der Waals surface area contributed by atoms with E-state index in [-0.39, 0.29) is 18.4 Å². The number of carboxylic acid groups (broad SMARTS) is 1. The Bertz CT molecular complexity index is 1000. The molecule has 0 aliphatic heterocycles. The molecule has 146 valence electrons. The highest BCUT2D eigenvalue weighted by atomic mass is 16.5. The first-order valence-electron chi connectivity index (χ1n) is 9.15. The topological polar surface area (TPSA) is 110 Å². The summed E-state index contributed by atoms with van der Waals surface area (Å²) >= 11 is 0. The molecular weight excluding hydrogens is 360 g/mol. The fraction of sp³-hybridized carbons (Fsp3) is 0.400. The van der Waals surface area contributed by atoms with Crippen molar-refractivity contribution < 1.29 is 19.7 Å². The lowest BCUT2D eigenvalue weighted by molar-refractivity contribution is -0.0908. The van der Waals surface area contributed by atoms with Crippen LogP contribution in [0.2, 0.25) is 0 Å². The Labute approximate surface area is 161 Å². The molecule has 3 aromatic rings. The Kier molecular flexibility index (Phi) is 4.60. The van der Waals surface area contributed by atoms with Crippen LogP contribution >= 0.6 is 0 Å². The number of aromatic nitrogens is 4. The number of hydrogen-bond donors (Lipinski definition) is 2. The highest BCUT2D eigenvalue weighted by Crippen LogP contribution is 2.41. The van der Waals surface area contributed by atoms with Gasteiger partial charge >= 0.3 is 5.97 Å². The lowest BCUT2D eigenvalue weighted by Gasteiger charge is -2.42. The van der Waals surface area contributed by atoms with Crippen molar-refractivity contribution >= 4 is 17.0 Å². The number of nitrogens with zero attached hydrogens (tertiary/aromatic N) is 4. The van der Waals surface area contributed by atoms with E-state index in [1.807, 2.05) is 6.07 Å². The quantitative estimate of drug-likeness (QED) is 0.674. The summed E-state index contributed by atoms with van der Waals surface area (Å²) in [6, 6.07) is 4.88. The van der Waals surface area contributed by atoms with Crippen molar-refractivity contribution in [1.82, 2.24) is 19.7 Å². The van der Waals surface area contributed by atoms with E-state index in [9.17, 15) is 9.90 Å². The van der Waals surface area contributed by atoms with E-state index in [2.05, 4.69) is 28.9 Å². The van der Waals surface area contributed by atoms with E-state index >= 15 is 0 Å². The van der Waals surface area contributed by atoms with Gasteiger partial charge in [-0.05, 0) is 36.5 Å². The minimum atomic E-state index is -1.08. The summed E-state index contributed by atoms with van der Waals surface area (Å²) in [6.45, 7) is 4.66. The third kappa shape index (κ3) is 3.61. The molecule has 4 rings (SSSR count). The van der Waals surface area contributed by atoms with E-state index in [0.717, 1.165) is 18.2 Å². The number of rotatable bonds is 6. The molecule has 0 aromatic carbocycles. The molecule has 3 aromatic heterocycles. The van der Waals surface area contributed by atoms with E-state index in [1.165, 1.54) is 12.3 Å². The van der Waals surface area contributed by atoms with Gasteiger partial charge in [0.15, 0.2) is 5.65 Å². The van der Waals surface area contributed by atoms with Gasteiger partial charge in [-0.1, -0.05) is 13.8 Å². The Hall–Kier alpha value is -2.84. The van der Waals surface area contributed by atoms with Crippen molar-refractivity contribution in [3.05, 3.63) is 48.0 Å². The van der Waals surface area contributed by atoms with Crippen LogP contribution in [-0.4, -0.2) is 48.6 Å². The van der Waals surface area contributed by atoms with E-state index in [0.29, 0.717) is 22.3 Å². The van der Waals surface area contributed by atoms with Gasteiger partial charge in [0.05, 0.1) is 30.8 Å². The lowest BCUT2D eigenvalue weighted by Crippen LogP contribution is -2.38. The third-order valence-electron chi connectivity index (χ3n) is 5.08. The first kappa shape index (κ1) is 18.5. The largest absolute Gasteiger partial charge is 0.477 e. The molecule has 1 aliphatic carbocycles. The highest BCUT2D eigenvalue weighted by Gasteiger charge is 2.36. The number of hydrogen-bond acceptors (Lipinski definition) is 6. The van der Waals surface area contributed by atoms with Crippen LogP contribution in [0.25, 0.3) is 16.7 Å². The first-order valence-corrected chi connectivity index (χ1v) is 9.15. The molecule has 1 saturated carbocycles. The average Bonchev–Trinajstić information content (AvgIpc) is 3.07. The van der Waals surface area contributed by atoms with E-state index in [1.54, 1.807) is 23.1 Å². The maximum Gasteiger partial charge on any atom is 0.354 e. The number of aliphatic hydroxyl groups excluding tert-OH is 1. The van der Waals surface area contributed by atoms with Crippen LogP contribution in [0.5, 0.6) is 0 Å². The smallest absolute Gasteiger partial charge is 0.354 e. The van der Waals surface area contributed by atoms with Crippen LogP contribution in [0, 0.1) is 5.41 Å². The predicted molar refractivity (Wildman–Crippen MR) is 101 cm³/mol. The van der Waals surface area contributed by atoms with Gasteiger partial charge in [-0.3, -0.25) is 0 Å². The van der Waals surface area contributed by atoms with E-state index in [4.69, 9.17) is 9.84 Å². The number of carboxylic acids is 1. The van der Waals surface area contributed by atoms with E-state index < -0.39 is 12.1 Å². The summed E-state index contributed by atoms with van der Waals surface area (Å²) in [5.74, 6) is -1.08. The predicted octanol–water partition coefficient (Wildman–Crippen LogP) is 2.75. The SMILES string of the molecule is CC1(C)CC(OCC(O)c2cnc3c(cnn3-c3ccc(C(=O)O)nc3)c2)C1. The van der Waals surface area contributed by atoms with Gasteiger partial charge in [0.2, 0.25) is 0 Å². The first-order chi connectivity index (χ1) is 13.3. The summed E-state index contributed by atoms with van der Waals surface area (Å²) in [5, 5.41) is 24.5. The summed E-state index contributed by atoms with van der Waals surface area (Å²) in [4.78, 5) is 19.3. The van der Waals surface area contributed by atoms with Crippen molar-refractivity contribution in [3.63, 3.8) is 0 Å². The van der Waals surface area contributed by atoms with Crippen molar-refractivity contribution in [2.24, 2.45) is 5.41 Å². The average molecular weight is 382 g/mol. The molecule has 0 radical (unpaired) electrons. The molecule has 1 fully saturated rings. The molecule has 2 N–H and O–H groups in total. The normalized spacial score (nSPS) is 17.4. The monoisotopic (exact) mass is 382 g/mol. The van der Waals surface area contributed by atoms with Crippen LogP contribution in [0.3, 0.4) is 0 Å². The van der Waals surface area contributed by atoms with Gasteiger partial charge in [-0.2, -0.15) is 5.10 Å². The van der Waals surface area contributed by atoms with Gasteiger partial charge in [0, 0.05) is 17.1 Å². The molecule has 1 aliphatic rings. The molecule has 28 heavy (non-hydrogen) atoms. The zero-order valence-electron chi connectivity index (χ0n) is 15.7. The van der Waals surface area contributed by atoms with Crippen molar-refractivity contribution in [2.75, 3.05) is 6.61 Å². The minimum absolute atomic E-state index is 0.0339. The van der Waals surface area contributed by atoms with Crippen LogP contribution in [-0.2, 0) is 4.74 Å². The fourth-order valence-corrected chi connectivity index (χ4v) is 3.56. The van der Waals surface area contributed by atoms with Gasteiger partial charge < -0.3 is 14.9 Å². The summed E-state index contributed by atoms with van der Waals surface area (Å²) in [5.41, 5.74) is 2.18. The Morgan fingerprint density at radius 2 is 2.07 bits per heavy atom. The molecule has 0 spiro atoms. The molecular formula is C20H22N4O4. The van der Waals surface area contributed by atoms with Crippen LogP contribution < -0.4 is 0 Å². The van der Waals surface area contributed by atoms with Crippen molar-refractivity contribution in [3.8, 4) is 5.69 Å². The van der Waals surface area contributed by atoms with Gasteiger partial charge in [-0.25, -0.2) is 19.4 Å². The van der Waals surface area contributed by atoms with Crippen LogP contribution in [0.4, 0.5) is 0 Å². The Morgan fingerprint density at radius 1 is 1.29 bits per heavy atom. The molecule has 0 amide bonds. The minimum Gasteiger partial charge on any atom is -0.477 e. The second kappa shape index (κ2) is 6.96. The Morgan fingerprint density at radius 3 is 2.71 bits per heavy atom. The lowest BCUT2D eigenvalue weighted by atomic mass is 9.70. The summed E-state index contributed by atoms with van der Waals surface area (Å²) in [6.07, 6.45) is 6.19. The molecule has 1 unspecified atom stereocenters. The standard InChI is InChI=1S/C20H22N4O4/c1-20(2)6-15(7-20)28-11-17(25)12-5-13-9-23-24(18(13)22-8-12)14-3-4-16(19(26)27)21-10-14/h3-5,8-10,15,17,25H,6-7,11H2,1-2H3,(H,26,27). The van der Waals surface area contributed by atoms with Crippen LogP contribution in [0.15, 0.2) is 36.8 Å². The summed E-state index contributed by atoms with van der Waals surface area (Å²) < 4.78 is 7.37. The molecule has 0 bridgehead atoms. The van der Waals surface area contributed by atoms with Gasteiger partial charge in [0.25, 0.3) is 0 Å². The molecule has 8 nitrogen and oxygen atoms in total. The number of carbonyl (C=O) groups is 1. The zero-order chi connectivity index (χ0) is 19.9. The maximum absolute atomic E-state index is 10.9. The second-order valence-corrected chi connectivity index (χ2v) is 7.99. The Balaban J connectivity index is 1.48. The summed E-state index contributed by atoms with van der Waals surface area (Å²) in [7, 11) is 0. The van der Waals surface area contributed by atoms with Gasteiger partial charge in [0.1, 0.15) is 11.8 Å². The van der Waals surface area contributed by atoms with Crippen molar-refractivity contribution in [2.45, 2.75) is 38.9 Å².